The highest BCUT2D eigenvalue weighted by molar-refractivity contribution is 7.90. The molecule has 1 unspecified atom stereocenters. The van der Waals surface area contributed by atoms with Gasteiger partial charge in [-0.3, -0.25) is 14.0 Å². The summed E-state index contributed by atoms with van der Waals surface area (Å²) in [5, 5.41) is 10.3. The van der Waals surface area contributed by atoms with Crippen molar-refractivity contribution in [3.8, 4) is 11.3 Å². The van der Waals surface area contributed by atoms with Crippen LogP contribution in [0.25, 0.3) is 22.4 Å². The Bertz CT molecular complexity index is 1770. The summed E-state index contributed by atoms with van der Waals surface area (Å²) in [5.74, 6) is -0.709. The molecule has 1 aromatic carbocycles. The van der Waals surface area contributed by atoms with Crippen molar-refractivity contribution >= 4 is 44.1 Å². The monoisotopic (exact) mass is 599 g/mol. The average Bonchev–Trinajstić information content (AvgIpc) is 3.65. The number of rotatable bonds is 8. The molecule has 1 saturated heterocycles. The molecule has 1 atom stereocenters. The number of nitrogens with one attached hydrogen (secondary N) is 2. The number of fused-ring (bicyclic) bond motifs is 1. The normalized spacial score (nSPS) is 17.6. The molecular formula is C28H31F2N7O4S. The van der Waals surface area contributed by atoms with Crippen LogP contribution in [0, 0.1) is 12.8 Å². The molecule has 3 aromatic heterocycles. The Morgan fingerprint density at radius 2 is 1.88 bits per heavy atom. The Labute approximate surface area is 241 Å². The molecule has 11 nitrogen and oxygen atoms in total. The zero-order valence-electron chi connectivity index (χ0n) is 23.4. The summed E-state index contributed by atoms with van der Waals surface area (Å²) < 4.78 is 63.3. The first kappa shape index (κ1) is 28.2. The van der Waals surface area contributed by atoms with Gasteiger partial charge in [0.2, 0.25) is 5.91 Å². The van der Waals surface area contributed by atoms with Gasteiger partial charge in [0.1, 0.15) is 17.6 Å². The number of pyridine rings is 1. The van der Waals surface area contributed by atoms with Gasteiger partial charge >= 0.3 is 0 Å². The molecule has 4 aromatic rings. The minimum absolute atomic E-state index is 0.0130. The Kier molecular flexibility index (Phi) is 7.21. The summed E-state index contributed by atoms with van der Waals surface area (Å²) in [7, 11) is -1.96. The molecule has 6 rings (SSSR count). The quantitative estimate of drug-likeness (QED) is 0.280. The molecule has 14 heteroatoms. The molecule has 0 spiro atoms. The standard InChI is InChI=1S/C28H31F2N7O4S/c1-15-12-19(35-36(15)2)17-9-10-18(21(13-17)42(3,39)40)31-20-14-22(33-28(38)16-7-8-16)32-26-24(20)34-27(25(29)30)37(26)23-6-4-5-11-41-23/h9-10,12-14,16,23,25H,4-8,11H2,1-3H3,(H2,31,32,33,38). The molecule has 42 heavy (non-hydrogen) atoms. The fraction of sp³-hybridized carbons (Fsp3) is 0.429. The van der Waals surface area contributed by atoms with E-state index in [2.05, 4.69) is 25.7 Å². The highest BCUT2D eigenvalue weighted by atomic mass is 32.2. The van der Waals surface area contributed by atoms with Gasteiger partial charge in [0.25, 0.3) is 6.43 Å². The Morgan fingerprint density at radius 3 is 2.50 bits per heavy atom. The predicted octanol–water partition coefficient (Wildman–Crippen LogP) is 5.27. The fourth-order valence-electron chi connectivity index (χ4n) is 5.12. The number of halogens is 2. The molecule has 222 valence electrons. The van der Waals surface area contributed by atoms with E-state index < -0.39 is 28.3 Å². The Balaban J connectivity index is 1.49. The zero-order chi connectivity index (χ0) is 29.8. The molecule has 1 aliphatic heterocycles. The van der Waals surface area contributed by atoms with Crippen LogP contribution in [0.4, 0.5) is 26.0 Å². The van der Waals surface area contributed by atoms with E-state index in [0.717, 1.165) is 37.6 Å². The lowest BCUT2D eigenvalue weighted by molar-refractivity contribution is -0.117. The van der Waals surface area contributed by atoms with E-state index in [9.17, 15) is 22.0 Å². The van der Waals surface area contributed by atoms with Crippen LogP contribution in [0.3, 0.4) is 0 Å². The van der Waals surface area contributed by atoms with Gasteiger partial charge < -0.3 is 15.4 Å². The summed E-state index contributed by atoms with van der Waals surface area (Å²) >= 11 is 0. The summed E-state index contributed by atoms with van der Waals surface area (Å²) in [5.41, 5.74) is 2.75. The number of aryl methyl sites for hydroxylation is 2. The summed E-state index contributed by atoms with van der Waals surface area (Å²) in [6, 6.07) is 8.18. The van der Waals surface area contributed by atoms with Crippen molar-refractivity contribution in [2.45, 2.75) is 56.6 Å². The summed E-state index contributed by atoms with van der Waals surface area (Å²) in [6.45, 7) is 2.30. The minimum atomic E-state index is -3.75. The highest BCUT2D eigenvalue weighted by Gasteiger charge is 2.32. The number of anilines is 3. The van der Waals surface area contributed by atoms with Crippen molar-refractivity contribution in [1.29, 1.82) is 0 Å². The molecule has 2 N–H and O–H groups in total. The summed E-state index contributed by atoms with van der Waals surface area (Å²) in [4.78, 5) is 21.4. The number of sulfone groups is 1. The van der Waals surface area contributed by atoms with Gasteiger partial charge in [0.05, 0.1) is 22.0 Å². The molecule has 2 fully saturated rings. The smallest absolute Gasteiger partial charge is 0.295 e. The Morgan fingerprint density at radius 1 is 1.10 bits per heavy atom. The second kappa shape index (κ2) is 10.7. The maximum Gasteiger partial charge on any atom is 0.295 e. The van der Waals surface area contributed by atoms with Crippen molar-refractivity contribution in [1.82, 2.24) is 24.3 Å². The third kappa shape index (κ3) is 5.48. The number of carbonyl (C=O) groups excluding carboxylic acids is 1. The van der Waals surface area contributed by atoms with E-state index in [1.54, 1.807) is 23.9 Å². The first-order valence-corrected chi connectivity index (χ1v) is 15.6. The van der Waals surface area contributed by atoms with Crippen LogP contribution < -0.4 is 10.6 Å². The van der Waals surface area contributed by atoms with Crippen LogP contribution >= 0.6 is 0 Å². The van der Waals surface area contributed by atoms with Crippen LogP contribution in [0.1, 0.15) is 56.3 Å². The highest BCUT2D eigenvalue weighted by Crippen LogP contribution is 2.38. The van der Waals surface area contributed by atoms with Crippen LogP contribution in [0.15, 0.2) is 35.2 Å². The molecule has 1 saturated carbocycles. The number of hydrogen-bond donors (Lipinski definition) is 2. The molecule has 1 amide bonds. The van der Waals surface area contributed by atoms with Gasteiger partial charge in [-0.25, -0.2) is 27.2 Å². The second-order valence-electron chi connectivity index (χ2n) is 10.9. The SMILES string of the molecule is Cc1cc(-c2ccc(Nc3cc(NC(=O)C4CC4)nc4c3nc(C(F)F)n4C3CCCCO3)c(S(C)(=O)=O)c2)nn1C. The van der Waals surface area contributed by atoms with Crippen molar-refractivity contribution in [3.05, 3.63) is 41.9 Å². The first-order valence-electron chi connectivity index (χ1n) is 13.7. The van der Waals surface area contributed by atoms with Gasteiger partial charge in [-0.15, -0.1) is 0 Å². The number of nitrogens with zero attached hydrogens (tertiary/aromatic N) is 5. The number of alkyl halides is 2. The van der Waals surface area contributed by atoms with Gasteiger partial charge in [-0.1, -0.05) is 6.07 Å². The molecule has 0 bridgehead atoms. The second-order valence-corrected chi connectivity index (χ2v) is 12.8. The van der Waals surface area contributed by atoms with Gasteiger partial charge in [0.15, 0.2) is 21.3 Å². The number of benzene rings is 1. The van der Waals surface area contributed by atoms with Crippen LogP contribution in [-0.2, 0) is 26.4 Å². The minimum Gasteiger partial charge on any atom is -0.358 e. The number of ether oxygens (including phenoxy) is 1. The average molecular weight is 600 g/mol. The predicted molar refractivity (Wildman–Crippen MR) is 152 cm³/mol. The van der Waals surface area contributed by atoms with Crippen LogP contribution in [-0.4, -0.2) is 51.5 Å². The van der Waals surface area contributed by atoms with E-state index in [4.69, 9.17) is 4.74 Å². The summed E-state index contributed by atoms with van der Waals surface area (Å²) in [6.07, 6.45) is 1.11. The molecule has 0 radical (unpaired) electrons. The third-order valence-electron chi connectivity index (χ3n) is 7.57. The molecule has 2 aliphatic rings. The van der Waals surface area contributed by atoms with Crippen LogP contribution in [0.5, 0.6) is 0 Å². The van der Waals surface area contributed by atoms with Crippen molar-refractivity contribution in [2.24, 2.45) is 13.0 Å². The van der Waals surface area contributed by atoms with E-state index >= 15 is 0 Å². The number of imidazole rings is 1. The van der Waals surface area contributed by atoms with Crippen molar-refractivity contribution < 1.29 is 26.7 Å². The van der Waals surface area contributed by atoms with Crippen molar-refractivity contribution in [2.75, 3.05) is 23.5 Å². The lowest BCUT2D eigenvalue weighted by atomic mass is 10.1. The van der Waals surface area contributed by atoms with Gasteiger partial charge in [-0.2, -0.15) is 5.10 Å². The Hall–Kier alpha value is -3.91. The lowest BCUT2D eigenvalue weighted by Crippen LogP contribution is -2.21. The number of hydrogen-bond acceptors (Lipinski definition) is 8. The molecular weight excluding hydrogens is 568 g/mol. The molecule has 1 aliphatic carbocycles. The first-order chi connectivity index (χ1) is 20.0. The maximum atomic E-state index is 14.3. The van der Waals surface area contributed by atoms with Gasteiger partial charge in [-0.05, 0) is 57.2 Å². The lowest BCUT2D eigenvalue weighted by Gasteiger charge is -2.25. The number of amides is 1. The van der Waals surface area contributed by atoms with E-state index in [0.29, 0.717) is 24.3 Å². The van der Waals surface area contributed by atoms with Crippen LogP contribution in [0.2, 0.25) is 0 Å². The van der Waals surface area contributed by atoms with Gasteiger partial charge in [0, 0.05) is 43.2 Å². The number of carbonyl (C=O) groups is 1. The topological polar surface area (TPSA) is 133 Å². The van der Waals surface area contributed by atoms with Crippen molar-refractivity contribution in [3.63, 3.8) is 0 Å². The fourth-order valence-corrected chi connectivity index (χ4v) is 5.98. The number of aromatic nitrogens is 5. The van der Waals surface area contributed by atoms with E-state index in [-0.39, 0.29) is 45.1 Å². The molecule has 4 heterocycles. The largest absolute Gasteiger partial charge is 0.358 e. The zero-order valence-corrected chi connectivity index (χ0v) is 24.2. The maximum absolute atomic E-state index is 14.3. The van der Waals surface area contributed by atoms with E-state index in [1.807, 2.05) is 13.0 Å². The third-order valence-corrected chi connectivity index (χ3v) is 8.71. The van der Waals surface area contributed by atoms with E-state index in [1.165, 1.54) is 16.7 Å².